The van der Waals surface area contributed by atoms with Crippen LogP contribution in [0.3, 0.4) is 0 Å². The summed E-state index contributed by atoms with van der Waals surface area (Å²) >= 11 is 0. The first-order valence-electron chi connectivity index (χ1n) is 7.94. The van der Waals surface area contributed by atoms with Gasteiger partial charge in [-0.25, -0.2) is 0 Å². The van der Waals surface area contributed by atoms with E-state index in [-0.39, 0.29) is 5.91 Å². The second kappa shape index (κ2) is 7.25. The van der Waals surface area contributed by atoms with Crippen LogP contribution in [0.25, 0.3) is 0 Å². The third kappa shape index (κ3) is 4.77. The molecule has 2 aliphatic rings. The van der Waals surface area contributed by atoms with E-state index < -0.39 is 0 Å². The van der Waals surface area contributed by atoms with Gasteiger partial charge in [0.15, 0.2) is 0 Å². The van der Waals surface area contributed by atoms with Gasteiger partial charge in [-0.15, -0.1) is 0 Å². The largest absolute Gasteiger partial charge is 0.369 e. The zero-order chi connectivity index (χ0) is 13.7. The molecule has 4 nitrogen and oxygen atoms in total. The smallest absolute Gasteiger partial charge is 0.231 e. The third-order valence-corrected chi connectivity index (χ3v) is 4.65. The minimum absolute atomic E-state index is 0.201. The fourth-order valence-corrected chi connectivity index (χ4v) is 3.67. The van der Waals surface area contributed by atoms with Gasteiger partial charge in [-0.05, 0) is 25.2 Å². The summed E-state index contributed by atoms with van der Waals surface area (Å²) in [6.07, 6.45) is 9.22. The van der Waals surface area contributed by atoms with E-state index in [1.807, 2.05) is 0 Å². The van der Waals surface area contributed by atoms with E-state index in [1.54, 1.807) is 0 Å². The zero-order valence-corrected chi connectivity index (χ0v) is 12.2. The maximum atomic E-state index is 11.1. The van der Waals surface area contributed by atoms with Gasteiger partial charge in [0.25, 0.3) is 0 Å². The molecule has 0 aromatic heterocycles. The Kier molecular flexibility index (Phi) is 5.64. The molecule has 0 bridgehead atoms. The zero-order valence-electron chi connectivity index (χ0n) is 12.2. The lowest BCUT2D eigenvalue weighted by Crippen LogP contribution is -2.53. The van der Waals surface area contributed by atoms with Gasteiger partial charge in [0.05, 0.1) is 6.54 Å². The van der Waals surface area contributed by atoms with Gasteiger partial charge in [0.2, 0.25) is 5.91 Å². The van der Waals surface area contributed by atoms with Crippen molar-refractivity contribution in [2.24, 2.45) is 11.7 Å². The van der Waals surface area contributed by atoms with Crippen molar-refractivity contribution >= 4 is 5.91 Å². The molecule has 0 aromatic carbocycles. The second-order valence-electron chi connectivity index (χ2n) is 6.37. The number of primary amides is 1. The first kappa shape index (κ1) is 14.8. The Morgan fingerprint density at radius 1 is 1.21 bits per heavy atom. The molecule has 1 saturated heterocycles. The fraction of sp³-hybridized carbons (Fsp3) is 0.933. The summed E-state index contributed by atoms with van der Waals surface area (Å²) in [6, 6.07) is 1.24. The predicted octanol–water partition coefficient (Wildman–Crippen LogP) is 1.49. The second-order valence-corrected chi connectivity index (χ2v) is 6.37. The van der Waals surface area contributed by atoms with E-state index in [0.717, 1.165) is 13.1 Å². The lowest BCUT2D eigenvalue weighted by atomic mass is 9.89. The van der Waals surface area contributed by atoms with E-state index >= 15 is 0 Å². The van der Waals surface area contributed by atoms with Gasteiger partial charge in [-0.1, -0.05) is 32.6 Å². The minimum atomic E-state index is -0.201. The monoisotopic (exact) mass is 267 g/mol. The molecule has 0 spiro atoms. The highest BCUT2D eigenvalue weighted by Crippen LogP contribution is 2.23. The van der Waals surface area contributed by atoms with Crippen molar-refractivity contribution in [2.45, 2.75) is 64.0 Å². The molecule has 1 aliphatic heterocycles. The molecule has 0 radical (unpaired) electrons. The van der Waals surface area contributed by atoms with Crippen molar-refractivity contribution in [3.8, 4) is 0 Å². The number of carbonyl (C=O) groups excluding carboxylic acids is 1. The van der Waals surface area contributed by atoms with Crippen LogP contribution in [0.15, 0.2) is 0 Å². The molecule has 110 valence electrons. The third-order valence-electron chi connectivity index (χ3n) is 4.65. The van der Waals surface area contributed by atoms with Crippen LogP contribution in [-0.4, -0.2) is 42.5 Å². The number of carbonyl (C=O) groups is 1. The summed E-state index contributed by atoms with van der Waals surface area (Å²) in [5.74, 6) is 0.502. The Balaban J connectivity index is 1.85. The van der Waals surface area contributed by atoms with Crippen LogP contribution >= 0.6 is 0 Å². The predicted molar refractivity (Wildman–Crippen MR) is 77.8 cm³/mol. The summed E-state index contributed by atoms with van der Waals surface area (Å²) in [4.78, 5) is 13.4. The molecule has 2 atom stereocenters. The minimum Gasteiger partial charge on any atom is -0.369 e. The van der Waals surface area contributed by atoms with Crippen molar-refractivity contribution in [1.82, 2.24) is 10.2 Å². The molecule has 3 N–H and O–H groups in total. The molecule has 4 heteroatoms. The maximum Gasteiger partial charge on any atom is 0.231 e. The molecular formula is C15H29N3O. The number of hydrogen-bond acceptors (Lipinski definition) is 3. The Morgan fingerprint density at radius 3 is 2.58 bits per heavy atom. The molecule has 1 amide bonds. The van der Waals surface area contributed by atoms with Crippen LogP contribution in [0, 0.1) is 5.92 Å². The standard InChI is InChI=1S/C15H29N3O/c1-2-12-8-14(10-18(9-12)11-15(16)19)17-13-6-4-3-5-7-13/h12-14,17H,2-11H2,1H3,(H2,16,19). The van der Waals surface area contributed by atoms with Gasteiger partial charge in [0.1, 0.15) is 0 Å². The number of nitrogens with two attached hydrogens (primary N) is 1. The molecule has 19 heavy (non-hydrogen) atoms. The molecule has 1 aliphatic carbocycles. The summed E-state index contributed by atoms with van der Waals surface area (Å²) in [6.45, 7) is 4.67. The van der Waals surface area contributed by atoms with Gasteiger partial charge in [-0.3, -0.25) is 9.69 Å². The molecule has 2 fully saturated rings. The number of likely N-dealkylation sites (tertiary alicyclic amines) is 1. The SMILES string of the molecule is CCC1CC(NC2CCCCC2)CN(CC(N)=O)C1. The van der Waals surface area contributed by atoms with Crippen molar-refractivity contribution in [3.05, 3.63) is 0 Å². The average molecular weight is 267 g/mol. The van der Waals surface area contributed by atoms with E-state index in [0.29, 0.717) is 24.5 Å². The molecule has 0 aromatic rings. The topological polar surface area (TPSA) is 58.4 Å². The van der Waals surface area contributed by atoms with Gasteiger partial charge < -0.3 is 11.1 Å². The fourth-order valence-electron chi connectivity index (χ4n) is 3.67. The quantitative estimate of drug-likeness (QED) is 0.793. The highest BCUT2D eigenvalue weighted by Gasteiger charge is 2.28. The first-order valence-corrected chi connectivity index (χ1v) is 7.94. The number of nitrogens with one attached hydrogen (secondary N) is 1. The van der Waals surface area contributed by atoms with Crippen LogP contribution in [0.2, 0.25) is 0 Å². The van der Waals surface area contributed by atoms with Crippen LogP contribution in [0.5, 0.6) is 0 Å². The summed E-state index contributed by atoms with van der Waals surface area (Å²) in [5, 5.41) is 3.83. The van der Waals surface area contributed by atoms with Crippen LogP contribution in [0.4, 0.5) is 0 Å². The van der Waals surface area contributed by atoms with Crippen molar-refractivity contribution in [2.75, 3.05) is 19.6 Å². The number of rotatable bonds is 5. The van der Waals surface area contributed by atoms with Gasteiger partial charge in [0, 0.05) is 25.2 Å². The maximum absolute atomic E-state index is 11.1. The van der Waals surface area contributed by atoms with E-state index in [2.05, 4.69) is 17.1 Å². The molecule has 2 rings (SSSR count). The lowest BCUT2D eigenvalue weighted by molar-refractivity contribution is -0.119. The van der Waals surface area contributed by atoms with E-state index in [9.17, 15) is 4.79 Å². The Labute approximate surface area is 117 Å². The van der Waals surface area contributed by atoms with E-state index in [1.165, 1.54) is 44.9 Å². The van der Waals surface area contributed by atoms with Crippen LogP contribution in [-0.2, 0) is 4.79 Å². The molecule has 1 saturated carbocycles. The van der Waals surface area contributed by atoms with Gasteiger partial charge in [-0.2, -0.15) is 0 Å². The Bertz CT molecular complexity index is 289. The highest BCUT2D eigenvalue weighted by atomic mass is 16.1. The lowest BCUT2D eigenvalue weighted by Gasteiger charge is -2.39. The van der Waals surface area contributed by atoms with Gasteiger partial charge >= 0.3 is 0 Å². The summed E-state index contributed by atoms with van der Waals surface area (Å²) in [5.41, 5.74) is 5.34. The molecule has 2 unspecified atom stereocenters. The van der Waals surface area contributed by atoms with Crippen molar-refractivity contribution < 1.29 is 4.79 Å². The number of piperidine rings is 1. The average Bonchev–Trinajstić information content (AvgIpc) is 2.38. The Morgan fingerprint density at radius 2 is 1.95 bits per heavy atom. The highest BCUT2D eigenvalue weighted by molar-refractivity contribution is 5.75. The summed E-state index contributed by atoms with van der Waals surface area (Å²) in [7, 11) is 0. The summed E-state index contributed by atoms with van der Waals surface area (Å²) < 4.78 is 0. The number of nitrogens with zero attached hydrogens (tertiary/aromatic N) is 1. The van der Waals surface area contributed by atoms with Crippen molar-refractivity contribution in [3.63, 3.8) is 0 Å². The first-order chi connectivity index (χ1) is 9.17. The molecule has 1 heterocycles. The van der Waals surface area contributed by atoms with E-state index in [4.69, 9.17) is 5.73 Å². The van der Waals surface area contributed by atoms with Crippen molar-refractivity contribution in [1.29, 1.82) is 0 Å². The normalized spacial score (nSPS) is 30.4. The van der Waals surface area contributed by atoms with Crippen LogP contribution < -0.4 is 11.1 Å². The molecular weight excluding hydrogens is 238 g/mol. The number of amides is 1. The number of hydrogen-bond donors (Lipinski definition) is 2. The van der Waals surface area contributed by atoms with Crippen LogP contribution in [0.1, 0.15) is 51.9 Å². The Hall–Kier alpha value is -0.610.